The lowest BCUT2D eigenvalue weighted by molar-refractivity contribution is -0.134. The molecule has 0 heterocycles. The Bertz CT molecular complexity index is 323. The summed E-state index contributed by atoms with van der Waals surface area (Å²) in [7, 11) is 1.39. The topological polar surface area (TPSA) is 35.5 Å². The second-order valence-corrected chi connectivity index (χ2v) is 6.64. The molecular weight excluding hydrogens is 264 g/mol. The van der Waals surface area contributed by atoms with Gasteiger partial charge in [-0.3, -0.25) is 0 Å². The van der Waals surface area contributed by atoms with Gasteiger partial charge >= 0.3 is 5.97 Å². The molecule has 2 rings (SSSR count). The molecule has 0 atom stereocenters. The molecule has 2 saturated carbocycles. The third kappa shape index (κ3) is 6.21. The van der Waals surface area contributed by atoms with Gasteiger partial charge in [0, 0.05) is 6.08 Å². The van der Waals surface area contributed by atoms with Crippen LogP contribution >= 0.6 is 0 Å². The average Bonchev–Trinajstić information content (AvgIpc) is 2.54. The van der Waals surface area contributed by atoms with E-state index in [2.05, 4.69) is 4.74 Å². The minimum Gasteiger partial charge on any atom is -0.466 e. The molecule has 0 aliphatic heterocycles. The molecule has 2 aliphatic carbocycles. The van der Waals surface area contributed by atoms with Crippen LogP contribution in [0, 0.1) is 11.8 Å². The van der Waals surface area contributed by atoms with Crippen LogP contribution in [-0.2, 0) is 14.3 Å². The van der Waals surface area contributed by atoms with Crippen molar-refractivity contribution in [3.05, 3.63) is 12.2 Å². The number of carbonyl (C=O) groups excluding carboxylic acids is 1. The zero-order valence-electron chi connectivity index (χ0n) is 13.4. The highest BCUT2D eigenvalue weighted by molar-refractivity contribution is 5.81. The van der Waals surface area contributed by atoms with Gasteiger partial charge in [0.1, 0.15) is 0 Å². The van der Waals surface area contributed by atoms with Crippen molar-refractivity contribution in [2.45, 2.75) is 70.3 Å². The molecule has 0 N–H and O–H groups in total. The third-order valence-electron chi connectivity index (χ3n) is 5.07. The van der Waals surface area contributed by atoms with E-state index >= 15 is 0 Å². The Kier molecular flexibility index (Phi) is 7.28. The highest BCUT2D eigenvalue weighted by Crippen LogP contribution is 2.35. The van der Waals surface area contributed by atoms with Crippen LogP contribution < -0.4 is 0 Å². The third-order valence-corrected chi connectivity index (χ3v) is 5.07. The van der Waals surface area contributed by atoms with Gasteiger partial charge in [-0.25, -0.2) is 4.79 Å². The number of esters is 1. The summed E-state index contributed by atoms with van der Waals surface area (Å²) >= 11 is 0. The summed E-state index contributed by atoms with van der Waals surface area (Å²) in [4.78, 5) is 10.9. The molecule has 3 nitrogen and oxygen atoms in total. The van der Waals surface area contributed by atoms with E-state index in [0.717, 1.165) is 11.8 Å². The largest absolute Gasteiger partial charge is 0.466 e. The standard InChI is InChI=1S/C18H30O3/c1-20-18(19)8-5-13-21-17-11-9-16(10-12-17)14-15-6-3-2-4-7-15/h5,8,15-17H,2-4,6-7,9-14H2,1H3/b8-5+. The molecule has 0 bridgehead atoms. The monoisotopic (exact) mass is 294 g/mol. The molecular formula is C18H30O3. The van der Waals surface area contributed by atoms with Gasteiger partial charge in [-0.15, -0.1) is 0 Å². The van der Waals surface area contributed by atoms with Gasteiger partial charge < -0.3 is 9.47 Å². The van der Waals surface area contributed by atoms with E-state index < -0.39 is 0 Å². The fraction of sp³-hybridized carbons (Fsp3) is 0.833. The molecule has 0 aromatic carbocycles. The maximum absolute atomic E-state index is 10.9. The van der Waals surface area contributed by atoms with Crippen molar-refractivity contribution in [2.24, 2.45) is 11.8 Å². The Labute approximate surface area is 129 Å². The summed E-state index contributed by atoms with van der Waals surface area (Å²) < 4.78 is 10.4. The van der Waals surface area contributed by atoms with Crippen LogP contribution in [0.15, 0.2) is 12.2 Å². The summed E-state index contributed by atoms with van der Waals surface area (Å²) in [5.41, 5.74) is 0. The lowest BCUT2D eigenvalue weighted by atomic mass is 9.77. The van der Waals surface area contributed by atoms with Crippen molar-refractivity contribution in [2.75, 3.05) is 13.7 Å². The molecule has 0 aromatic rings. The highest BCUT2D eigenvalue weighted by Gasteiger charge is 2.24. The van der Waals surface area contributed by atoms with E-state index in [0.29, 0.717) is 12.7 Å². The second kappa shape index (κ2) is 9.24. The number of hydrogen-bond donors (Lipinski definition) is 0. The average molecular weight is 294 g/mol. The molecule has 120 valence electrons. The Balaban J connectivity index is 1.57. The molecule has 3 heteroatoms. The zero-order valence-corrected chi connectivity index (χ0v) is 13.4. The lowest BCUT2D eigenvalue weighted by Crippen LogP contribution is -2.23. The van der Waals surface area contributed by atoms with Crippen molar-refractivity contribution in [1.29, 1.82) is 0 Å². The Morgan fingerprint density at radius 1 is 1.00 bits per heavy atom. The lowest BCUT2D eigenvalue weighted by Gasteiger charge is -2.32. The summed E-state index contributed by atoms with van der Waals surface area (Å²) in [6.45, 7) is 0.521. The molecule has 0 amide bonds. The number of methoxy groups -OCH3 is 1. The Hall–Kier alpha value is -0.830. The van der Waals surface area contributed by atoms with Crippen LogP contribution in [0.4, 0.5) is 0 Å². The van der Waals surface area contributed by atoms with E-state index in [9.17, 15) is 4.79 Å². The minimum atomic E-state index is -0.310. The Morgan fingerprint density at radius 2 is 1.67 bits per heavy atom. The van der Waals surface area contributed by atoms with Crippen molar-refractivity contribution in [3.63, 3.8) is 0 Å². The van der Waals surface area contributed by atoms with Gasteiger partial charge in [0.25, 0.3) is 0 Å². The summed E-state index contributed by atoms with van der Waals surface area (Å²) in [5, 5.41) is 0. The normalized spacial score (nSPS) is 27.9. The van der Waals surface area contributed by atoms with Crippen LogP contribution in [0.1, 0.15) is 64.2 Å². The fourth-order valence-electron chi connectivity index (χ4n) is 3.83. The van der Waals surface area contributed by atoms with Gasteiger partial charge in [0.15, 0.2) is 0 Å². The molecule has 0 saturated heterocycles. The molecule has 0 aromatic heterocycles. The molecule has 0 spiro atoms. The maximum atomic E-state index is 10.9. The van der Waals surface area contributed by atoms with Crippen LogP contribution in [0.2, 0.25) is 0 Å². The fourth-order valence-corrected chi connectivity index (χ4v) is 3.83. The Morgan fingerprint density at radius 3 is 2.33 bits per heavy atom. The van der Waals surface area contributed by atoms with Crippen molar-refractivity contribution in [3.8, 4) is 0 Å². The SMILES string of the molecule is COC(=O)/C=C/COC1CCC(CC2CCCCC2)CC1. The quantitative estimate of drug-likeness (QED) is 0.542. The van der Waals surface area contributed by atoms with Gasteiger partial charge in [-0.05, 0) is 43.9 Å². The van der Waals surface area contributed by atoms with Gasteiger partial charge in [-0.2, -0.15) is 0 Å². The van der Waals surface area contributed by atoms with Crippen molar-refractivity contribution < 1.29 is 14.3 Å². The van der Waals surface area contributed by atoms with Gasteiger partial charge in [0.2, 0.25) is 0 Å². The first-order chi connectivity index (χ1) is 10.3. The maximum Gasteiger partial charge on any atom is 0.330 e. The first-order valence-electron chi connectivity index (χ1n) is 8.64. The van der Waals surface area contributed by atoms with E-state index in [-0.39, 0.29) is 5.97 Å². The minimum absolute atomic E-state index is 0.310. The zero-order chi connectivity index (χ0) is 14.9. The van der Waals surface area contributed by atoms with Crippen molar-refractivity contribution >= 4 is 5.97 Å². The predicted octanol–water partition coefficient (Wildman–Crippen LogP) is 4.26. The summed E-state index contributed by atoms with van der Waals surface area (Å²) in [5.74, 6) is 1.62. The molecule has 21 heavy (non-hydrogen) atoms. The molecule has 2 aliphatic rings. The first-order valence-corrected chi connectivity index (χ1v) is 8.64. The molecule has 0 unspecified atom stereocenters. The van der Waals surface area contributed by atoms with E-state index in [1.54, 1.807) is 6.08 Å². The molecule has 2 fully saturated rings. The second-order valence-electron chi connectivity index (χ2n) is 6.64. The predicted molar refractivity (Wildman–Crippen MR) is 84.0 cm³/mol. The first kappa shape index (κ1) is 16.5. The smallest absolute Gasteiger partial charge is 0.330 e. The van der Waals surface area contributed by atoms with Gasteiger partial charge in [0.05, 0.1) is 19.8 Å². The number of ether oxygens (including phenoxy) is 2. The number of hydrogen-bond acceptors (Lipinski definition) is 3. The van der Waals surface area contributed by atoms with E-state index in [4.69, 9.17) is 4.74 Å². The summed E-state index contributed by atoms with van der Waals surface area (Å²) in [6.07, 6.45) is 17.3. The van der Waals surface area contributed by atoms with Crippen LogP contribution in [0.5, 0.6) is 0 Å². The van der Waals surface area contributed by atoms with Crippen LogP contribution in [0.3, 0.4) is 0 Å². The molecule has 0 radical (unpaired) electrons. The van der Waals surface area contributed by atoms with Gasteiger partial charge in [-0.1, -0.05) is 38.2 Å². The van der Waals surface area contributed by atoms with E-state index in [1.807, 2.05) is 0 Å². The number of rotatable bonds is 6. The van der Waals surface area contributed by atoms with Crippen molar-refractivity contribution in [1.82, 2.24) is 0 Å². The van der Waals surface area contributed by atoms with Crippen LogP contribution in [-0.4, -0.2) is 25.8 Å². The van der Waals surface area contributed by atoms with Crippen LogP contribution in [0.25, 0.3) is 0 Å². The number of carbonyl (C=O) groups is 1. The highest BCUT2D eigenvalue weighted by atomic mass is 16.5. The van der Waals surface area contributed by atoms with E-state index in [1.165, 1.54) is 77.4 Å². The summed E-state index contributed by atoms with van der Waals surface area (Å²) in [6, 6.07) is 0.